The number of rotatable bonds is 6. The maximum absolute atomic E-state index is 13.2. The van der Waals surface area contributed by atoms with Gasteiger partial charge in [0.25, 0.3) is 11.8 Å². The van der Waals surface area contributed by atoms with E-state index < -0.39 is 0 Å². The summed E-state index contributed by atoms with van der Waals surface area (Å²) < 4.78 is 0. The van der Waals surface area contributed by atoms with E-state index in [2.05, 4.69) is 10.6 Å². The summed E-state index contributed by atoms with van der Waals surface area (Å²) in [6.07, 6.45) is 7.81. The first kappa shape index (κ1) is 24.3. The van der Waals surface area contributed by atoms with E-state index in [1.165, 1.54) is 32.1 Å². The van der Waals surface area contributed by atoms with Crippen molar-refractivity contribution in [1.82, 2.24) is 10.2 Å². The number of carbonyl (C=O) groups is 3. The summed E-state index contributed by atoms with van der Waals surface area (Å²) in [6.45, 7) is 1.81. The standard InChI is InChI=1S/C27H32ClN3O3/c28-23-13-11-20(12-14-23)26(33)30-24-10-4-8-21(16-24)27(34)31-15-5-9-22(18-31)25(32)29-17-19-6-2-1-3-7-19/h4,8,10-14,16,19,22H,1-3,5-7,9,15,17-18H2,(H,29,32)(H,30,33)/t22-/m1/s1. The predicted molar refractivity (Wildman–Crippen MR) is 134 cm³/mol. The topological polar surface area (TPSA) is 78.5 Å². The third-order valence-electron chi connectivity index (χ3n) is 6.84. The van der Waals surface area contributed by atoms with Crippen LogP contribution in [0.1, 0.15) is 65.7 Å². The molecule has 4 rings (SSSR count). The molecule has 0 spiro atoms. The summed E-state index contributed by atoms with van der Waals surface area (Å²) in [5, 5.41) is 6.53. The Bertz CT molecular complexity index is 1020. The molecule has 2 fully saturated rings. The second-order valence-corrected chi connectivity index (χ2v) is 9.82. The molecule has 0 bridgehead atoms. The number of amides is 3. The number of hydrogen-bond acceptors (Lipinski definition) is 3. The number of hydrogen-bond donors (Lipinski definition) is 2. The van der Waals surface area contributed by atoms with Crippen LogP contribution in [0, 0.1) is 11.8 Å². The molecule has 2 aromatic carbocycles. The van der Waals surface area contributed by atoms with Gasteiger partial charge in [-0.25, -0.2) is 0 Å². The van der Waals surface area contributed by atoms with Crippen LogP contribution in [0.5, 0.6) is 0 Å². The number of likely N-dealkylation sites (tertiary alicyclic amines) is 1. The molecule has 2 aromatic rings. The summed E-state index contributed by atoms with van der Waals surface area (Å²) in [6, 6.07) is 13.6. The number of anilines is 1. The Labute approximate surface area is 206 Å². The molecule has 34 heavy (non-hydrogen) atoms. The van der Waals surface area contributed by atoms with E-state index in [0.29, 0.717) is 40.8 Å². The van der Waals surface area contributed by atoms with Crippen LogP contribution in [-0.2, 0) is 4.79 Å². The fourth-order valence-electron chi connectivity index (χ4n) is 4.87. The van der Waals surface area contributed by atoms with Crippen molar-refractivity contribution in [2.24, 2.45) is 11.8 Å². The van der Waals surface area contributed by atoms with Gasteiger partial charge in [0.1, 0.15) is 0 Å². The number of nitrogens with zero attached hydrogens (tertiary/aromatic N) is 1. The molecular formula is C27H32ClN3O3. The highest BCUT2D eigenvalue weighted by Gasteiger charge is 2.29. The lowest BCUT2D eigenvalue weighted by molar-refractivity contribution is -0.126. The van der Waals surface area contributed by atoms with Crippen LogP contribution in [0.2, 0.25) is 5.02 Å². The van der Waals surface area contributed by atoms with Crippen molar-refractivity contribution in [2.75, 3.05) is 25.0 Å². The zero-order valence-corrected chi connectivity index (χ0v) is 20.2. The smallest absolute Gasteiger partial charge is 0.255 e. The van der Waals surface area contributed by atoms with E-state index in [9.17, 15) is 14.4 Å². The Morgan fingerprint density at radius 3 is 2.44 bits per heavy atom. The fraction of sp³-hybridized carbons (Fsp3) is 0.444. The van der Waals surface area contributed by atoms with E-state index in [1.54, 1.807) is 53.4 Å². The number of halogens is 1. The molecule has 3 amide bonds. The zero-order valence-electron chi connectivity index (χ0n) is 19.4. The van der Waals surface area contributed by atoms with Gasteiger partial charge in [0.15, 0.2) is 0 Å². The van der Waals surface area contributed by atoms with Crippen LogP contribution >= 0.6 is 11.6 Å². The van der Waals surface area contributed by atoms with Gasteiger partial charge in [-0.3, -0.25) is 14.4 Å². The average Bonchev–Trinajstić information content (AvgIpc) is 2.88. The summed E-state index contributed by atoms with van der Waals surface area (Å²) in [5.74, 6) is 0.0901. The lowest BCUT2D eigenvalue weighted by atomic mass is 9.89. The highest BCUT2D eigenvalue weighted by molar-refractivity contribution is 6.30. The Morgan fingerprint density at radius 1 is 0.912 bits per heavy atom. The van der Waals surface area contributed by atoms with Crippen molar-refractivity contribution < 1.29 is 14.4 Å². The van der Waals surface area contributed by atoms with E-state index in [0.717, 1.165) is 19.4 Å². The molecule has 1 heterocycles. The minimum atomic E-state index is -0.270. The van der Waals surface area contributed by atoms with Gasteiger partial charge in [-0.15, -0.1) is 0 Å². The highest BCUT2D eigenvalue weighted by Crippen LogP contribution is 2.24. The van der Waals surface area contributed by atoms with Crippen LogP contribution in [-0.4, -0.2) is 42.3 Å². The van der Waals surface area contributed by atoms with Gasteiger partial charge in [0.2, 0.25) is 5.91 Å². The maximum atomic E-state index is 13.2. The SMILES string of the molecule is O=C(Nc1cccc(C(=O)N2CCC[C@@H](C(=O)NCC3CCCCC3)C2)c1)c1ccc(Cl)cc1. The lowest BCUT2D eigenvalue weighted by Crippen LogP contribution is -2.46. The van der Waals surface area contributed by atoms with Crippen LogP contribution in [0.3, 0.4) is 0 Å². The van der Waals surface area contributed by atoms with Crippen LogP contribution in [0.15, 0.2) is 48.5 Å². The van der Waals surface area contributed by atoms with Crippen molar-refractivity contribution in [3.63, 3.8) is 0 Å². The molecule has 0 unspecified atom stereocenters. The summed E-state index contributed by atoms with van der Waals surface area (Å²) in [5.41, 5.74) is 1.53. The van der Waals surface area contributed by atoms with E-state index in [4.69, 9.17) is 11.6 Å². The Hall–Kier alpha value is -2.86. The van der Waals surface area contributed by atoms with E-state index in [-0.39, 0.29) is 23.6 Å². The van der Waals surface area contributed by atoms with Crippen LogP contribution in [0.4, 0.5) is 5.69 Å². The van der Waals surface area contributed by atoms with Crippen molar-refractivity contribution in [3.8, 4) is 0 Å². The number of carbonyl (C=O) groups excluding carboxylic acids is 3. The summed E-state index contributed by atoms with van der Waals surface area (Å²) >= 11 is 5.89. The molecule has 2 aliphatic rings. The lowest BCUT2D eigenvalue weighted by Gasteiger charge is -2.32. The van der Waals surface area contributed by atoms with Gasteiger partial charge in [-0.1, -0.05) is 36.9 Å². The number of nitrogens with one attached hydrogen (secondary N) is 2. The molecule has 1 aliphatic carbocycles. The molecule has 180 valence electrons. The minimum Gasteiger partial charge on any atom is -0.356 e. The van der Waals surface area contributed by atoms with E-state index >= 15 is 0 Å². The fourth-order valence-corrected chi connectivity index (χ4v) is 5.00. The zero-order chi connectivity index (χ0) is 23.9. The van der Waals surface area contributed by atoms with E-state index in [1.807, 2.05) is 0 Å². The first-order valence-electron chi connectivity index (χ1n) is 12.2. The van der Waals surface area contributed by atoms with Crippen molar-refractivity contribution >= 4 is 35.0 Å². The molecule has 7 heteroatoms. The molecule has 1 atom stereocenters. The van der Waals surface area contributed by atoms with Gasteiger partial charge in [-0.2, -0.15) is 0 Å². The summed E-state index contributed by atoms with van der Waals surface area (Å²) in [7, 11) is 0. The van der Waals surface area contributed by atoms with Crippen molar-refractivity contribution in [1.29, 1.82) is 0 Å². The molecule has 1 aliphatic heterocycles. The van der Waals surface area contributed by atoms with Gasteiger partial charge >= 0.3 is 0 Å². The Kier molecular flexibility index (Phi) is 8.22. The molecule has 0 aromatic heterocycles. The van der Waals surface area contributed by atoms with Gasteiger partial charge in [0, 0.05) is 41.5 Å². The van der Waals surface area contributed by atoms with Gasteiger partial charge < -0.3 is 15.5 Å². The third-order valence-corrected chi connectivity index (χ3v) is 7.09. The molecule has 6 nitrogen and oxygen atoms in total. The third kappa shape index (κ3) is 6.38. The molecular weight excluding hydrogens is 450 g/mol. The Balaban J connectivity index is 1.34. The largest absolute Gasteiger partial charge is 0.356 e. The molecule has 0 radical (unpaired) electrons. The number of piperidine rings is 1. The maximum Gasteiger partial charge on any atom is 0.255 e. The quantitative estimate of drug-likeness (QED) is 0.599. The van der Waals surface area contributed by atoms with Crippen molar-refractivity contribution in [2.45, 2.75) is 44.9 Å². The normalized spacial score (nSPS) is 18.9. The van der Waals surface area contributed by atoms with Gasteiger partial charge in [-0.05, 0) is 74.1 Å². The van der Waals surface area contributed by atoms with Crippen LogP contribution < -0.4 is 10.6 Å². The first-order chi connectivity index (χ1) is 16.5. The second kappa shape index (κ2) is 11.5. The molecule has 2 N–H and O–H groups in total. The van der Waals surface area contributed by atoms with Crippen LogP contribution in [0.25, 0.3) is 0 Å². The predicted octanol–water partition coefficient (Wildman–Crippen LogP) is 5.14. The summed E-state index contributed by atoms with van der Waals surface area (Å²) in [4.78, 5) is 40.2. The monoisotopic (exact) mass is 481 g/mol. The van der Waals surface area contributed by atoms with Crippen molar-refractivity contribution in [3.05, 3.63) is 64.7 Å². The Morgan fingerprint density at radius 2 is 1.68 bits per heavy atom. The first-order valence-corrected chi connectivity index (χ1v) is 12.6. The average molecular weight is 482 g/mol. The highest BCUT2D eigenvalue weighted by atomic mass is 35.5. The number of benzene rings is 2. The molecule has 1 saturated carbocycles. The second-order valence-electron chi connectivity index (χ2n) is 9.38. The van der Waals surface area contributed by atoms with Gasteiger partial charge in [0.05, 0.1) is 5.92 Å². The minimum absolute atomic E-state index is 0.0621. The molecule has 1 saturated heterocycles.